The quantitative estimate of drug-likeness (QED) is 0.556. The van der Waals surface area contributed by atoms with Crippen LogP contribution in [0, 0.1) is 6.92 Å². The summed E-state index contributed by atoms with van der Waals surface area (Å²) in [5, 5.41) is 11.8. The number of nitrogens with zero attached hydrogens (tertiary/aromatic N) is 4. The zero-order chi connectivity index (χ0) is 19.4. The predicted molar refractivity (Wildman–Crippen MR) is 101 cm³/mol. The second-order valence-electron chi connectivity index (χ2n) is 5.79. The molecule has 9 nitrogen and oxygen atoms in total. The SMILES string of the molecule is Cc1ncc(-c2ccnc(Nc3ccc(S(=O)(=O)NCCO)cc3)n2)n1C. The third-order valence-electron chi connectivity index (χ3n) is 3.96. The number of hydrogen-bond donors (Lipinski definition) is 3. The van der Waals surface area contributed by atoms with Crippen molar-refractivity contribution in [3.8, 4) is 11.4 Å². The van der Waals surface area contributed by atoms with Crippen LogP contribution >= 0.6 is 0 Å². The van der Waals surface area contributed by atoms with Crippen molar-refractivity contribution < 1.29 is 13.5 Å². The van der Waals surface area contributed by atoms with E-state index in [4.69, 9.17) is 5.11 Å². The molecule has 0 aliphatic rings. The molecule has 0 radical (unpaired) electrons. The topological polar surface area (TPSA) is 122 Å². The maximum Gasteiger partial charge on any atom is 0.240 e. The van der Waals surface area contributed by atoms with Gasteiger partial charge in [-0.15, -0.1) is 0 Å². The van der Waals surface area contributed by atoms with Gasteiger partial charge in [0.1, 0.15) is 5.82 Å². The van der Waals surface area contributed by atoms with Gasteiger partial charge in [0.25, 0.3) is 0 Å². The van der Waals surface area contributed by atoms with Gasteiger partial charge in [0.2, 0.25) is 16.0 Å². The number of aliphatic hydroxyl groups excluding tert-OH is 1. The molecule has 2 aromatic heterocycles. The zero-order valence-corrected chi connectivity index (χ0v) is 15.7. The van der Waals surface area contributed by atoms with Crippen molar-refractivity contribution in [2.75, 3.05) is 18.5 Å². The molecule has 1 aromatic carbocycles. The van der Waals surface area contributed by atoms with Crippen LogP contribution in [-0.4, -0.2) is 46.2 Å². The summed E-state index contributed by atoms with van der Waals surface area (Å²) in [6.07, 6.45) is 3.39. The lowest BCUT2D eigenvalue weighted by molar-refractivity contribution is 0.301. The maximum absolute atomic E-state index is 12.0. The summed E-state index contributed by atoms with van der Waals surface area (Å²) < 4.78 is 28.3. The normalized spacial score (nSPS) is 11.5. The fraction of sp³-hybridized carbons (Fsp3) is 0.235. The maximum atomic E-state index is 12.0. The van der Waals surface area contributed by atoms with E-state index in [9.17, 15) is 8.42 Å². The van der Waals surface area contributed by atoms with E-state index in [1.165, 1.54) is 12.1 Å². The highest BCUT2D eigenvalue weighted by Gasteiger charge is 2.13. The molecular formula is C17H20N6O3S. The van der Waals surface area contributed by atoms with Crippen molar-refractivity contribution >= 4 is 21.7 Å². The molecule has 0 amide bonds. The van der Waals surface area contributed by atoms with Gasteiger partial charge in [-0.1, -0.05) is 0 Å². The smallest absolute Gasteiger partial charge is 0.240 e. The lowest BCUT2D eigenvalue weighted by Gasteiger charge is -2.09. The van der Waals surface area contributed by atoms with E-state index >= 15 is 0 Å². The van der Waals surface area contributed by atoms with Crippen molar-refractivity contribution in [2.24, 2.45) is 7.05 Å². The minimum absolute atomic E-state index is 0.0313. The number of hydrogen-bond acceptors (Lipinski definition) is 7. The van der Waals surface area contributed by atoms with Gasteiger partial charge < -0.3 is 15.0 Å². The Morgan fingerprint density at radius 2 is 1.89 bits per heavy atom. The standard InChI is InChI=1S/C17H20N6O3S/c1-12-19-11-16(23(12)2)15-7-8-18-17(22-15)21-13-3-5-14(6-4-13)27(25,26)20-9-10-24/h3-8,11,20,24H,9-10H2,1-2H3,(H,18,21,22). The van der Waals surface area contributed by atoms with Crippen LogP contribution < -0.4 is 10.0 Å². The molecule has 3 aromatic rings. The average Bonchev–Trinajstić information content (AvgIpc) is 3.00. The summed E-state index contributed by atoms with van der Waals surface area (Å²) in [5.41, 5.74) is 2.24. The van der Waals surface area contributed by atoms with Gasteiger partial charge in [-0.2, -0.15) is 0 Å². The van der Waals surface area contributed by atoms with Crippen LogP contribution in [0.1, 0.15) is 5.82 Å². The third kappa shape index (κ3) is 4.30. The Morgan fingerprint density at radius 1 is 1.15 bits per heavy atom. The van der Waals surface area contributed by atoms with Crippen molar-refractivity contribution in [3.63, 3.8) is 0 Å². The molecule has 0 saturated carbocycles. The van der Waals surface area contributed by atoms with Crippen LogP contribution in [-0.2, 0) is 17.1 Å². The largest absolute Gasteiger partial charge is 0.395 e. The highest BCUT2D eigenvalue weighted by Crippen LogP contribution is 2.20. The molecule has 0 unspecified atom stereocenters. The molecule has 0 fully saturated rings. The highest BCUT2D eigenvalue weighted by atomic mass is 32.2. The molecule has 0 atom stereocenters. The van der Waals surface area contributed by atoms with E-state index in [0.29, 0.717) is 11.6 Å². The molecular weight excluding hydrogens is 368 g/mol. The molecule has 142 valence electrons. The molecule has 3 N–H and O–H groups in total. The van der Waals surface area contributed by atoms with Gasteiger partial charge in [-0.05, 0) is 37.3 Å². The van der Waals surface area contributed by atoms with Gasteiger partial charge in [-0.3, -0.25) is 0 Å². The van der Waals surface area contributed by atoms with Gasteiger partial charge in [0, 0.05) is 25.5 Å². The lowest BCUT2D eigenvalue weighted by Crippen LogP contribution is -2.26. The Balaban J connectivity index is 1.78. The summed E-state index contributed by atoms with van der Waals surface area (Å²) in [5.74, 6) is 1.27. The number of benzene rings is 1. The fourth-order valence-electron chi connectivity index (χ4n) is 2.41. The first-order chi connectivity index (χ1) is 12.9. The van der Waals surface area contributed by atoms with E-state index in [1.807, 2.05) is 18.5 Å². The van der Waals surface area contributed by atoms with Crippen molar-refractivity contribution in [2.45, 2.75) is 11.8 Å². The summed E-state index contributed by atoms with van der Waals surface area (Å²) in [7, 11) is -1.72. The summed E-state index contributed by atoms with van der Waals surface area (Å²) in [6, 6.07) is 7.98. The average molecular weight is 388 g/mol. The van der Waals surface area contributed by atoms with E-state index in [2.05, 4.69) is 25.0 Å². The number of imidazole rings is 1. The number of nitrogens with one attached hydrogen (secondary N) is 2. The molecule has 27 heavy (non-hydrogen) atoms. The van der Waals surface area contributed by atoms with Crippen LogP contribution in [0.2, 0.25) is 0 Å². The van der Waals surface area contributed by atoms with Gasteiger partial charge in [0.15, 0.2) is 0 Å². The monoisotopic (exact) mass is 388 g/mol. The Morgan fingerprint density at radius 3 is 2.52 bits per heavy atom. The predicted octanol–water partition coefficient (Wildman–Crippen LogP) is 1.20. The van der Waals surface area contributed by atoms with Gasteiger partial charge >= 0.3 is 0 Å². The molecule has 3 rings (SSSR count). The second-order valence-corrected chi connectivity index (χ2v) is 7.55. The number of rotatable bonds is 7. The van der Waals surface area contributed by atoms with Gasteiger partial charge in [0.05, 0.1) is 29.1 Å². The van der Waals surface area contributed by atoms with E-state index < -0.39 is 10.0 Å². The van der Waals surface area contributed by atoms with Crippen LogP contribution in [0.3, 0.4) is 0 Å². The van der Waals surface area contributed by atoms with Crippen LogP contribution in [0.25, 0.3) is 11.4 Å². The second kappa shape index (κ2) is 7.82. The molecule has 0 aliphatic carbocycles. The summed E-state index contributed by atoms with van der Waals surface area (Å²) in [6.45, 7) is 1.62. The summed E-state index contributed by atoms with van der Waals surface area (Å²) >= 11 is 0. The molecule has 10 heteroatoms. The Kier molecular flexibility index (Phi) is 5.49. The molecule has 0 spiro atoms. The first-order valence-electron chi connectivity index (χ1n) is 8.20. The molecule has 0 aliphatic heterocycles. The number of sulfonamides is 1. The van der Waals surface area contributed by atoms with Crippen LogP contribution in [0.4, 0.5) is 11.6 Å². The molecule has 0 saturated heterocycles. The Labute approximate surface area is 157 Å². The van der Waals surface area contributed by atoms with E-state index in [1.54, 1.807) is 30.6 Å². The number of anilines is 2. The Bertz CT molecular complexity index is 1030. The Hall–Kier alpha value is -2.82. The van der Waals surface area contributed by atoms with Gasteiger partial charge in [-0.25, -0.2) is 28.1 Å². The minimum Gasteiger partial charge on any atom is -0.395 e. The number of aliphatic hydroxyl groups is 1. The first-order valence-corrected chi connectivity index (χ1v) is 9.68. The minimum atomic E-state index is -3.64. The molecule has 0 bridgehead atoms. The fourth-order valence-corrected chi connectivity index (χ4v) is 3.43. The van der Waals surface area contributed by atoms with Crippen LogP contribution in [0.5, 0.6) is 0 Å². The van der Waals surface area contributed by atoms with Crippen molar-refractivity contribution in [3.05, 3.63) is 48.5 Å². The van der Waals surface area contributed by atoms with E-state index in [0.717, 1.165) is 17.2 Å². The highest BCUT2D eigenvalue weighted by molar-refractivity contribution is 7.89. The zero-order valence-electron chi connectivity index (χ0n) is 14.9. The number of aromatic nitrogens is 4. The summed E-state index contributed by atoms with van der Waals surface area (Å²) in [4.78, 5) is 13.1. The van der Waals surface area contributed by atoms with E-state index in [-0.39, 0.29) is 18.0 Å². The lowest BCUT2D eigenvalue weighted by atomic mass is 10.3. The van der Waals surface area contributed by atoms with Crippen LogP contribution in [0.15, 0.2) is 47.6 Å². The number of aryl methyl sites for hydroxylation is 1. The first kappa shape index (κ1) is 19.0. The third-order valence-corrected chi connectivity index (χ3v) is 5.44. The van der Waals surface area contributed by atoms with Crippen molar-refractivity contribution in [1.82, 2.24) is 24.2 Å². The molecule has 2 heterocycles. The van der Waals surface area contributed by atoms with Crippen molar-refractivity contribution in [1.29, 1.82) is 0 Å².